The van der Waals surface area contributed by atoms with Gasteiger partial charge < -0.3 is 56.2 Å². The highest BCUT2D eigenvalue weighted by Gasteiger charge is 2.48. The number of rotatable bonds is 27. The van der Waals surface area contributed by atoms with Gasteiger partial charge in [-0.1, -0.05) is 165 Å². The molecule has 4 aliphatic heterocycles. The number of carbonyl (C=O) groups excluding carboxylic acids is 6. The molecule has 20 nitrogen and oxygen atoms in total. The molecule has 592 valence electrons. The zero-order valence-electron chi connectivity index (χ0n) is 66.1. The van der Waals surface area contributed by atoms with Crippen LogP contribution in [0.5, 0.6) is 46.0 Å². The molecule has 0 saturated carbocycles. The molecule has 13 aromatic carbocycles. The predicted octanol–water partition coefficient (Wildman–Crippen LogP) is 22.1. The third-order valence-corrected chi connectivity index (χ3v) is 22.9. The van der Waals surface area contributed by atoms with E-state index in [2.05, 4.69) is 55.4 Å². The number of benzene rings is 13. The molecule has 0 spiro atoms. The Morgan fingerprint density at radius 1 is 0.364 bits per heavy atom. The molecule has 118 heavy (non-hydrogen) atoms. The van der Waals surface area contributed by atoms with Gasteiger partial charge in [-0.25, -0.2) is 9.59 Å². The van der Waals surface area contributed by atoms with Gasteiger partial charge in [0, 0.05) is 71.1 Å². The Morgan fingerprint density at radius 3 is 1.01 bits per heavy atom. The summed E-state index contributed by atoms with van der Waals surface area (Å²) in [7, 11) is 0. The number of amides is 4. The van der Waals surface area contributed by atoms with E-state index < -0.39 is 53.9 Å². The van der Waals surface area contributed by atoms with E-state index in [9.17, 15) is 0 Å². The summed E-state index contributed by atoms with van der Waals surface area (Å²) in [6.07, 6.45) is 0.104. The van der Waals surface area contributed by atoms with Crippen molar-refractivity contribution < 1.29 is 85.0 Å². The first kappa shape index (κ1) is 75.1. The van der Waals surface area contributed by atoms with Crippen LogP contribution in [0.4, 0.5) is 0 Å². The molecule has 20 heteroatoms. The summed E-state index contributed by atoms with van der Waals surface area (Å²) in [4.78, 5) is 101. The van der Waals surface area contributed by atoms with Crippen molar-refractivity contribution in [1.82, 2.24) is 9.80 Å². The lowest BCUT2D eigenvalue weighted by molar-refractivity contribution is -0.219. The van der Waals surface area contributed by atoms with Crippen molar-refractivity contribution in [2.45, 2.75) is 110 Å². The van der Waals surface area contributed by atoms with Crippen LogP contribution in [-0.2, 0) is 38.0 Å². The summed E-state index contributed by atoms with van der Waals surface area (Å²) in [5.74, 6) is -3.56. The second-order valence-electron chi connectivity index (χ2n) is 31.8. The molecule has 4 unspecified atom stereocenters. The minimum absolute atomic E-state index is 0.0146. The number of epoxide rings is 1. The van der Waals surface area contributed by atoms with E-state index in [1.807, 2.05) is 146 Å². The SMILES string of the molecule is CC(C)c1ccc(Oc2cc3c4c(cc(Oc5ccc(C(C)C)cc5)c5c6c(Oc7ccc(C(C)C)cc7)cc7c8c(cc(Oc9ccc(C(C)C)cc9)c(c2c45)c86)C(=O)N(C(C(=O)OCCOC2CCO2)c2ccc4c(c2)oc2ccccc24)C7=O)C(=O)N(C(C(=O)OCCOCC2CO2)c2ccc4c(c2)oc2ccccc24)C3=O)cc1. The summed E-state index contributed by atoms with van der Waals surface area (Å²) in [5, 5.41) is 4.78. The van der Waals surface area contributed by atoms with E-state index >= 15 is 28.8 Å². The number of hydrogen-bond donors (Lipinski definition) is 0. The van der Waals surface area contributed by atoms with Crippen molar-refractivity contribution >= 4 is 123 Å². The van der Waals surface area contributed by atoms with Crippen LogP contribution in [0.15, 0.2) is 215 Å². The largest absolute Gasteiger partial charge is 0.461 e. The third-order valence-electron chi connectivity index (χ3n) is 22.9. The van der Waals surface area contributed by atoms with Gasteiger partial charge in [-0.3, -0.25) is 29.0 Å². The fourth-order valence-electron chi connectivity index (χ4n) is 16.5. The van der Waals surface area contributed by atoms with E-state index in [-0.39, 0.29) is 162 Å². The number of ether oxygens (including phenoxy) is 10. The molecule has 0 aliphatic carbocycles. The van der Waals surface area contributed by atoms with E-state index in [0.717, 1.165) is 53.6 Å². The van der Waals surface area contributed by atoms with E-state index in [1.54, 1.807) is 60.7 Å². The Hall–Kier alpha value is -13.0. The second kappa shape index (κ2) is 30.3. The molecule has 15 aromatic rings. The molecule has 0 bridgehead atoms. The molecule has 4 aliphatic rings. The van der Waals surface area contributed by atoms with Crippen LogP contribution in [0.3, 0.4) is 0 Å². The molecule has 2 aromatic heterocycles. The van der Waals surface area contributed by atoms with Crippen LogP contribution in [0, 0.1) is 0 Å². The zero-order chi connectivity index (χ0) is 81.1. The van der Waals surface area contributed by atoms with Crippen LogP contribution < -0.4 is 18.9 Å². The zero-order valence-corrected chi connectivity index (χ0v) is 66.1. The van der Waals surface area contributed by atoms with Crippen LogP contribution in [0.1, 0.15) is 172 Å². The Bertz CT molecular complexity index is 6130. The first-order valence-electron chi connectivity index (χ1n) is 40.1. The molecule has 6 heterocycles. The Morgan fingerprint density at radius 2 is 0.686 bits per heavy atom. The summed E-state index contributed by atoms with van der Waals surface area (Å²) in [5.41, 5.74) is 6.07. The van der Waals surface area contributed by atoms with Gasteiger partial charge in [-0.05, 0) is 154 Å². The number of carbonyl (C=O) groups is 6. The smallest absolute Gasteiger partial charge is 0.334 e. The van der Waals surface area contributed by atoms with E-state index in [4.69, 9.17) is 56.2 Å². The number of imide groups is 2. The first-order valence-corrected chi connectivity index (χ1v) is 40.1. The van der Waals surface area contributed by atoms with Gasteiger partial charge in [-0.15, -0.1) is 0 Å². The van der Waals surface area contributed by atoms with Crippen molar-refractivity contribution in [3.8, 4) is 46.0 Å². The average Bonchev–Trinajstić information content (AvgIpc) is 1.04. The van der Waals surface area contributed by atoms with Gasteiger partial charge in [0.15, 0.2) is 18.4 Å². The van der Waals surface area contributed by atoms with E-state index in [0.29, 0.717) is 65.0 Å². The highest BCUT2D eigenvalue weighted by molar-refractivity contribution is 6.45. The monoisotopic (exact) mass is 1570 g/mol. The minimum atomic E-state index is -1.76. The number of esters is 2. The molecule has 0 radical (unpaired) electrons. The summed E-state index contributed by atoms with van der Waals surface area (Å²) >= 11 is 0. The van der Waals surface area contributed by atoms with Gasteiger partial charge in [0.2, 0.25) is 0 Å². The number of nitrogens with zero attached hydrogens (tertiary/aromatic N) is 2. The van der Waals surface area contributed by atoms with Crippen molar-refractivity contribution in [3.05, 3.63) is 262 Å². The van der Waals surface area contributed by atoms with Crippen molar-refractivity contribution in [2.24, 2.45) is 0 Å². The summed E-state index contributed by atoms with van der Waals surface area (Å²) in [6, 6.07) is 58.3. The maximum absolute atomic E-state index is 17.0. The normalized spacial score (nSPS) is 15.9. The molecule has 2 fully saturated rings. The Kier molecular flexibility index (Phi) is 19.3. The first-order chi connectivity index (χ1) is 57.3. The molecule has 2 saturated heterocycles. The third kappa shape index (κ3) is 13.4. The second-order valence-corrected chi connectivity index (χ2v) is 31.8. The van der Waals surface area contributed by atoms with Crippen LogP contribution in [0.2, 0.25) is 0 Å². The van der Waals surface area contributed by atoms with Gasteiger partial charge in [0.05, 0.1) is 55.3 Å². The van der Waals surface area contributed by atoms with Crippen molar-refractivity contribution in [1.29, 1.82) is 0 Å². The standard InChI is InChI=1S/C98H82N2O18/c1-51(2)55-17-27-61(28-18-55)113-78-45-70-83-71(94(102)99(93(70)101)91(97(105)110-40-39-107-49-65-50-112-65)59-25-35-68-66-13-9-11-15-74(66)117-76(68)43-59)46-79(114-62-29-19-56(20-30-62)52(3)4)86-88-81(116-64-33-23-58(24-34-64)54(7)8)48-73-84-72(47-80(87(90(84)88)85(78)89(83)86)115-63-31-21-57(22-32-63)53(5)6)95(103)100(96(73)104)92(98(106)111-42-41-109-82-37-38-108-82)60-26-36-69-67-14-10-12-16-75(67)118-77(69)44-60/h9-36,43-48,51-54,65,82,91-92H,37-42,49-50H2,1-8H3. The fourth-order valence-corrected chi connectivity index (χ4v) is 16.5. The number of furan rings is 2. The van der Waals surface area contributed by atoms with Crippen LogP contribution in [-0.4, -0.2) is 104 Å². The number of fused-ring (bicyclic) bond motifs is 8. The van der Waals surface area contributed by atoms with Crippen LogP contribution >= 0.6 is 0 Å². The van der Waals surface area contributed by atoms with Gasteiger partial charge in [0.25, 0.3) is 23.6 Å². The molecular formula is C98H82N2O18. The summed E-state index contributed by atoms with van der Waals surface area (Å²) in [6.45, 7) is 17.4. The number of para-hydroxylation sites is 2. The molecule has 0 N–H and O–H groups in total. The van der Waals surface area contributed by atoms with E-state index in [1.165, 1.54) is 0 Å². The quantitative estimate of drug-likeness (QED) is 0.0116. The highest BCUT2D eigenvalue weighted by Crippen LogP contribution is 2.59. The highest BCUT2D eigenvalue weighted by atomic mass is 16.7. The predicted molar refractivity (Wildman–Crippen MR) is 447 cm³/mol. The topological polar surface area (TPSA) is 231 Å². The lowest BCUT2D eigenvalue weighted by atomic mass is 9.80. The molecule has 4 amide bonds. The van der Waals surface area contributed by atoms with Crippen LogP contribution in [0.25, 0.3) is 87.0 Å². The molecule has 19 rings (SSSR count). The lowest BCUT2D eigenvalue weighted by Crippen LogP contribution is -2.46. The maximum Gasteiger partial charge on any atom is 0.334 e. The lowest BCUT2D eigenvalue weighted by Gasteiger charge is -2.35. The molecular weight excluding hydrogens is 1490 g/mol. The van der Waals surface area contributed by atoms with Gasteiger partial charge >= 0.3 is 11.9 Å². The van der Waals surface area contributed by atoms with Crippen molar-refractivity contribution in [2.75, 3.05) is 46.2 Å². The maximum atomic E-state index is 17.0. The minimum Gasteiger partial charge on any atom is -0.461 e. The average molecular weight is 1580 g/mol. The summed E-state index contributed by atoms with van der Waals surface area (Å²) < 4.78 is 77.4. The number of hydrogen-bond acceptors (Lipinski definition) is 18. The van der Waals surface area contributed by atoms with Gasteiger partial charge in [-0.2, -0.15) is 0 Å². The fraction of sp³-hybridized carbons (Fsp3) is 0.245. The molecule has 4 atom stereocenters. The Labute approximate surface area is 677 Å². The van der Waals surface area contributed by atoms with Gasteiger partial charge in [0.1, 0.15) is 87.6 Å². The Balaban J connectivity index is 0.909. The van der Waals surface area contributed by atoms with Crippen molar-refractivity contribution in [3.63, 3.8) is 0 Å².